The zero-order valence-electron chi connectivity index (χ0n) is 17.5. The Bertz CT molecular complexity index is 1320. The summed E-state index contributed by atoms with van der Waals surface area (Å²) in [6.07, 6.45) is 4.13. The number of aromatic nitrogens is 1. The van der Waals surface area contributed by atoms with Crippen molar-refractivity contribution in [3.8, 4) is 5.75 Å². The van der Waals surface area contributed by atoms with Crippen LogP contribution < -0.4 is 10.0 Å². The predicted molar refractivity (Wildman–Crippen MR) is 121 cm³/mol. The average Bonchev–Trinajstić information content (AvgIpc) is 3.05. The van der Waals surface area contributed by atoms with E-state index in [-0.39, 0.29) is 22.5 Å². The van der Waals surface area contributed by atoms with Crippen LogP contribution >= 0.6 is 0 Å². The van der Waals surface area contributed by atoms with Gasteiger partial charge < -0.3 is 10.4 Å². The zero-order chi connectivity index (χ0) is 22.5. The first-order chi connectivity index (χ1) is 15.3. The monoisotopic (exact) mass is 449 g/mol. The predicted octanol–water partition coefficient (Wildman–Crippen LogP) is 4.11. The second-order valence-corrected chi connectivity index (χ2v) is 10.1. The molecule has 1 aromatic heterocycles. The van der Waals surface area contributed by atoms with Crippen LogP contribution in [0.1, 0.15) is 48.9 Å². The van der Waals surface area contributed by atoms with E-state index in [0.717, 1.165) is 41.8 Å². The van der Waals surface area contributed by atoms with Crippen LogP contribution in [0.15, 0.2) is 65.7 Å². The standard InChI is InChI=1S/C24H23N3O4S/c1-15(19-7-4-5-12-25-19)17-13-16(27-32(30,31)21-9-3-2-8-20(21)28)14-18-22(17)26-23(29)24(18)10-6-11-24/h2-5,7-9,12-15,27-28H,6,10-11H2,1H3,(H,26,29). The number of amides is 1. The van der Waals surface area contributed by atoms with Crippen molar-refractivity contribution >= 4 is 27.3 Å². The van der Waals surface area contributed by atoms with Crippen molar-refractivity contribution < 1.29 is 18.3 Å². The summed E-state index contributed by atoms with van der Waals surface area (Å²) in [4.78, 5) is 17.2. The fourth-order valence-electron chi connectivity index (χ4n) is 4.65. The molecule has 3 aromatic rings. The van der Waals surface area contributed by atoms with Gasteiger partial charge in [-0.05, 0) is 60.4 Å². The first kappa shape index (κ1) is 20.5. The first-order valence-corrected chi connectivity index (χ1v) is 12.0. The number of fused-ring (bicyclic) bond motifs is 2. The molecule has 0 saturated heterocycles. The van der Waals surface area contributed by atoms with Gasteiger partial charge in [0.05, 0.1) is 5.41 Å². The van der Waals surface area contributed by atoms with E-state index < -0.39 is 15.4 Å². The molecule has 1 aliphatic carbocycles. The molecule has 1 saturated carbocycles. The Kier molecular flexibility index (Phi) is 4.70. The van der Waals surface area contributed by atoms with Gasteiger partial charge in [0.15, 0.2) is 0 Å². The number of carbonyl (C=O) groups is 1. The lowest BCUT2D eigenvalue weighted by Crippen LogP contribution is -2.40. The number of hydrogen-bond donors (Lipinski definition) is 3. The molecule has 7 nitrogen and oxygen atoms in total. The lowest BCUT2D eigenvalue weighted by molar-refractivity contribution is -0.123. The highest BCUT2D eigenvalue weighted by Crippen LogP contribution is 2.54. The highest BCUT2D eigenvalue weighted by atomic mass is 32.2. The van der Waals surface area contributed by atoms with Crippen molar-refractivity contribution in [2.75, 3.05) is 10.0 Å². The molecule has 0 bridgehead atoms. The molecule has 1 fully saturated rings. The van der Waals surface area contributed by atoms with Gasteiger partial charge in [-0.1, -0.05) is 31.5 Å². The second kappa shape index (κ2) is 7.34. The minimum Gasteiger partial charge on any atom is -0.507 e. The Labute approximate surface area is 186 Å². The van der Waals surface area contributed by atoms with Crippen molar-refractivity contribution in [1.29, 1.82) is 0 Å². The summed E-state index contributed by atoms with van der Waals surface area (Å²) in [5.41, 5.74) is 2.94. The number of aromatic hydroxyl groups is 1. The zero-order valence-corrected chi connectivity index (χ0v) is 18.3. The Morgan fingerprint density at radius 2 is 1.88 bits per heavy atom. The van der Waals surface area contributed by atoms with E-state index in [1.54, 1.807) is 30.5 Å². The molecule has 8 heteroatoms. The van der Waals surface area contributed by atoms with Crippen LogP contribution in [0.3, 0.4) is 0 Å². The summed E-state index contributed by atoms with van der Waals surface area (Å²) in [6.45, 7) is 1.98. The fraction of sp³-hybridized carbons (Fsp3) is 0.250. The van der Waals surface area contributed by atoms with Gasteiger partial charge in [0.25, 0.3) is 10.0 Å². The van der Waals surface area contributed by atoms with Crippen molar-refractivity contribution in [2.24, 2.45) is 0 Å². The number of nitrogens with zero attached hydrogens (tertiary/aromatic N) is 1. The lowest BCUT2D eigenvalue weighted by Gasteiger charge is -2.36. The number of benzene rings is 2. The van der Waals surface area contributed by atoms with E-state index in [0.29, 0.717) is 5.69 Å². The van der Waals surface area contributed by atoms with Gasteiger partial charge in [-0.2, -0.15) is 0 Å². The topological polar surface area (TPSA) is 108 Å². The molecule has 2 aliphatic rings. The number of rotatable bonds is 5. The number of hydrogen-bond acceptors (Lipinski definition) is 5. The van der Waals surface area contributed by atoms with E-state index in [1.807, 2.05) is 25.1 Å². The van der Waals surface area contributed by atoms with E-state index in [1.165, 1.54) is 12.1 Å². The van der Waals surface area contributed by atoms with Gasteiger partial charge in [0.1, 0.15) is 10.6 Å². The number of carbonyl (C=O) groups excluding carboxylic acids is 1. The summed E-state index contributed by atoms with van der Waals surface area (Å²) < 4.78 is 28.6. The summed E-state index contributed by atoms with van der Waals surface area (Å²) >= 11 is 0. The number of para-hydroxylation sites is 1. The van der Waals surface area contributed by atoms with Crippen molar-refractivity contribution in [1.82, 2.24) is 4.98 Å². The van der Waals surface area contributed by atoms with Crippen LogP contribution in [0.5, 0.6) is 5.75 Å². The Morgan fingerprint density at radius 3 is 2.53 bits per heavy atom. The average molecular weight is 450 g/mol. The van der Waals surface area contributed by atoms with Crippen molar-refractivity contribution in [3.05, 3.63) is 77.6 Å². The first-order valence-electron chi connectivity index (χ1n) is 10.5. The molecular formula is C24H23N3O4S. The van der Waals surface area contributed by atoms with Gasteiger partial charge in [0, 0.05) is 29.2 Å². The molecule has 1 unspecified atom stereocenters. The number of sulfonamides is 1. The molecule has 3 N–H and O–H groups in total. The molecule has 164 valence electrons. The maximum Gasteiger partial charge on any atom is 0.265 e. The van der Waals surface area contributed by atoms with Gasteiger partial charge in [-0.25, -0.2) is 8.42 Å². The summed E-state index contributed by atoms with van der Waals surface area (Å²) in [5, 5.41) is 13.1. The Morgan fingerprint density at radius 1 is 1.12 bits per heavy atom. The SMILES string of the molecule is CC(c1ccccn1)c1cc(NS(=O)(=O)c2ccccc2O)cc2c1NC(=O)C21CCC1. The van der Waals surface area contributed by atoms with Crippen molar-refractivity contribution in [3.63, 3.8) is 0 Å². The Hall–Kier alpha value is -3.39. The molecule has 1 amide bonds. The van der Waals surface area contributed by atoms with Crippen LogP contribution in [0.2, 0.25) is 0 Å². The van der Waals surface area contributed by atoms with Crippen LogP contribution in [-0.4, -0.2) is 24.4 Å². The number of anilines is 2. The maximum atomic E-state index is 13.0. The highest BCUT2D eigenvalue weighted by molar-refractivity contribution is 7.92. The van der Waals surface area contributed by atoms with Crippen LogP contribution in [-0.2, 0) is 20.2 Å². The normalized spacial score (nSPS) is 17.3. The summed E-state index contributed by atoms with van der Waals surface area (Å²) in [5.74, 6) is -0.528. The molecule has 32 heavy (non-hydrogen) atoms. The molecule has 1 aliphatic heterocycles. The maximum absolute atomic E-state index is 13.0. The van der Waals surface area contributed by atoms with E-state index in [4.69, 9.17) is 0 Å². The third kappa shape index (κ3) is 3.14. The van der Waals surface area contributed by atoms with Gasteiger partial charge in [-0.15, -0.1) is 0 Å². The second-order valence-electron chi connectivity index (χ2n) is 8.43. The minimum atomic E-state index is -4.03. The minimum absolute atomic E-state index is 0.0334. The third-order valence-corrected chi connectivity index (χ3v) is 8.00. The molecule has 1 atom stereocenters. The van der Waals surface area contributed by atoms with Crippen LogP contribution in [0, 0.1) is 0 Å². The van der Waals surface area contributed by atoms with Crippen LogP contribution in [0.25, 0.3) is 0 Å². The molecular weight excluding hydrogens is 426 g/mol. The Balaban J connectivity index is 1.63. The third-order valence-electron chi connectivity index (χ3n) is 6.57. The van der Waals surface area contributed by atoms with E-state index >= 15 is 0 Å². The lowest BCUT2D eigenvalue weighted by atomic mass is 9.65. The molecule has 5 rings (SSSR count). The molecule has 2 heterocycles. The molecule has 1 spiro atoms. The molecule has 2 aromatic carbocycles. The van der Waals surface area contributed by atoms with Crippen LogP contribution in [0.4, 0.5) is 11.4 Å². The number of nitrogens with one attached hydrogen (secondary N) is 2. The highest BCUT2D eigenvalue weighted by Gasteiger charge is 2.52. The summed E-state index contributed by atoms with van der Waals surface area (Å²) in [7, 11) is -4.03. The van der Waals surface area contributed by atoms with E-state index in [2.05, 4.69) is 15.0 Å². The van der Waals surface area contributed by atoms with Gasteiger partial charge in [0.2, 0.25) is 5.91 Å². The van der Waals surface area contributed by atoms with Crippen molar-refractivity contribution in [2.45, 2.75) is 42.4 Å². The largest absolute Gasteiger partial charge is 0.507 e. The quantitative estimate of drug-likeness (QED) is 0.543. The van der Waals surface area contributed by atoms with E-state index in [9.17, 15) is 18.3 Å². The van der Waals surface area contributed by atoms with Gasteiger partial charge >= 0.3 is 0 Å². The summed E-state index contributed by atoms with van der Waals surface area (Å²) in [6, 6.07) is 14.9. The smallest absolute Gasteiger partial charge is 0.265 e. The number of pyridine rings is 1. The number of phenolic OH excluding ortho intramolecular Hbond substituents is 1. The molecule has 0 radical (unpaired) electrons. The van der Waals surface area contributed by atoms with Gasteiger partial charge in [-0.3, -0.25) is 14.5 Å². The fourth-order valence-corrected chi connectivity index (χ4v) is 5.79. The number of phenols is 1.